The predicted octanol–water partition coefficient (Wildman–Crippen LogP) is 5.15. The second-order valence-electron chi connectivity index (χ2n) is 6.68. The van der Waals surface area contributed by atoms with Gasteiger partial charge in [0, 0.05) is 11.6 Å². The number of halogens is 1. The van der Waals surface area contributed by atoms with E-state index in [9.17, 15) is 14.0 Å². The molecular formula is C24H17FN2O3. The van der Waals surface area contributed by atoms with Crippen molar-refractivity contribution in [2.75, 3.05) is 5.32 Å². The van der Waals surface area contributed by atoms with Crippen molar-refractivity contribution < 1.29 is 18.7 Å². The standard InChI is InChI=1S/C24H17FN2O3/c1-15-5-2-9-20(30-24(29)17-10-12-18(25)13-11-17)21(15)23(28)27-19-8-3-6-16-7-4-14-26-22(16)19/h2-14H,1H3,(H,27,28). The van der Waals surface area contributed by atoms with Crippen LogP contribution in [0.5, 0.6) is 5.75 Å². The molecule has 4 aromatic rings. The van der Waals surface area contributed by atoms with Gasteiger partial charge in [-0.1, -0.05) is 30.3 Å². The van der Waals surface area contributed by atoms with Gasteiger partial charge in [-0.3, -0.25) is 9.78 Å². The van der Waals surface area contributed by atoms with E-state index in [4.69, 9.17) is 4.74 Å². The zero-order chi connectivity index (χ0) is 21.1. The van der Waals surface area contributed by atoms with Crippen molar-refractivity contribution in [2.45, 2.75) is 6.92 Å². The number of fused-ring (bicyclic) bond motifs is 1. The third-order valence-electron chi connectivity index (χ3n) is 4.63. The van der Waals surface area contributed by atoms with Crippen molar-refractivity contribution in [3.05, 3.63) is 102 Å². The fraction of sp³-hybridized carbons (Fsp3) is 0.0417. The molecule has 0 fully saturated rings. The number of carbonyl (C=O) groups excluding carboxylic acids is 2. The molecule has 5 nitrogen and oxygen atoms in total. The summed E-state index contributed by atoms with van der Waals surface area (Å²) in [6, 6.07) is 19.2. The number of nitrogens with zero attached hydrogens (tertiary/aromatic N) is 1. The molecule has 0 aliphatic carbocycles. The number of esters is 1. The molecule has 6 heteroatoms. The third kappa shape index (κ3) is 3.89. The van der Waals surface area contributed by atoms with Crippen LogP contribution in [0.3, 0.4) is 0 Å². The van der Waals surface area contributed by atoms with E-state index in [0.29, 0.717) is 16.8 Å². The molecule has 0 saturated heterocycles. The molecule has 0 saturated carbocycles. The Bertz CT molecular complexity index is 1250. The van der Waals surface area contributed by atoms with Crippen molar-refractivity contribution in [3.63, 3.8) is 0 Å². The van der Waals surface area contributed by atoms with Gasteiger partial charge in [0.25, 0.3) is 5.91 Å². The summed E-state index contributed by atoms with van der Waals surface area (Å²) in [5.74, 6) is -1.43. The van der Waals surface area contributed by atoms with E-state index < -0.39 is 17.7 Å². The molecule has 0 aliphatic rings. The molecule has 0 aliphatic heterocycles. The summed E-state index contributed by atoms with van der Waals surface area (Å²) in [6.45, 7) is 1.76. The molecule has 1 amide bonds. The number of nitrogens with one attached hydrogen (secondary N) is 1. The maximum Gasteiger partial charge on any atom is 0.343 e. The molecule has 0 radical (unpaired) electrons. The van der Waals surface area contributed by atoms with Crippen molar-refractivity contribution in [1.29, 1.82) is 0 Å². The summed E-state index contributed by atoms with van der Waals surface area (Å²) in [6.07, 6.45) is 1.65. The van der Waals surface area contributed by atoms with Gasteiger partial charge in [-0.2, -0.15) is 0 Å². The summed E-state index contributed by atoms with van der Waals surface area (Å²) >= 11 is 0. The van der Waals surface area contributed by atoms with Gasteiger partial charge in [0.05, 0.1) is 22.3 Å². The molecule has 1 heterocycles. The summed E-state index contributed by atoms with van der Waals surface area (Å²) < 4.78 is 18.6. The van der Waals surface area contributed by atoms with Gasteiger partial charge >= 0.3 is 5.97 Å². The lowest BCUT2D eigenvalue weighted by Crippen LogP contribution is -2.17. The van der Waals surface area contributed by atoms with Crippen molar-refractivity contribution in [2.24, 2.45) is 0 Å². The minimum atomic E-state index is -0.679. The predicted molar refractivity (Wildman–Crippen MR) is 112 cm³/mol. The number of ether oxygens (including phenoxy) is 1. The van der Waals surface area contributed by atoms with Gasteiger partial charge in [0.15, 0.2) is 0 Å². The van der Waals surface area contributed by atoms with E-state index in [1.54, 1.807) is 37.4 Å². The van der Waals surface area contributed by atoms with Crippen LogP contribution in [0.4, 0.5) is 10.1 Å². The summed E-state index contributed by atoms with van der Waals surface area (Å²) in [5.41, 5.74) is 2.28. The van der Waals surface area contributed by atoms with Crippen LogP contribution in [0, 0.1) is 12.7 Å². The van der Waals surface area contributed by atoms with E-state index in [-0.39, 0.29) is 16.9 Å². The minimum Gasteiger partial charge on any atom is -0.422 e. The topological polar surface area (TPSA) is 68.3 Å². The van der Waals surface area contributed by atoms with Crippen LogP contribution in [-0.2, 0) is 0 Å². The Morgan fingerprint density at radius 2 is 1.67 bits per heavy atom. The number of anilines is 1. The molecule has 0 bridgehead atoms. The number of aromatic nitrogens is 1. The SMILES string of the molecule is Cc1cccc(OC(=O)c2ccc(F)cc2)c1C(=O)Nc1cccc2cccnc12. The fourth-order valence-electron chi connectivity index (χ4n) is 3.15. The van der Waals surface area contributed by atoms with Crippen LogP contribution < -0.4 is 10.1 Å². The number of amides is 1. The molecule has 4 rings (SSSR count). The smallest absolute Gasteiger partial charge is 0.343 e. The number of hydrogen-bond acceptors (Lipinski definition) is 4. The molecule has 3 aromatic carbocycles. The van der Waals surface area contributed by atoms with Crippen molar-refractivity contribution >= 4 is 28.5 Å². The van der Waals surface area contributed by atoms with E-state index >= 15 is 0 Å². The van der Waals surface area contributed by atoms with Crippen LogP contribution in [0.15, 0.2) is 79.0 Å². The molecular weight excluding hydrogens is 383 g/mol. The van der Waals surface area contributed by atoms with Gasteiger partial charge in [-0.15, -0.1) is 0 Å². The quantitative estimate of drug-likeness (QED) is 0.380. The molecule has 148 valence electrons. The number of para-hydroxylation sites is 1. The Labute approximate surface area is 172 Å². The first-order valence-corrected chi connectivity index (χ1v) is 9.25. The summed E-state index contributed by atoms with van der Waals surface area (Å²) in [5, 5.41) is 3.75. The first-order valence-electron chi connectivity index (χ1n) is 9.25. The highest BCUT2D eigenvalue weighted by atomic mass is 19.1. The fourth-order valence-corrected chi connectivity index (χ4v) is 3.15. The number of rotatable bonds is 4. The van der Waals surface area contributed by atoms with Gasteiger partial charge in [-0.05, 0) is 55.0 Å². The summed E-state index contributed by atoms with van der Waals surface area (Å²) in [7, 11) is 0. The Balaban J connectivity index is 1.64. The lowest BCUT2D eigenvalue weighted by Gasteiger charge is -2.14. The van der Waals surface area contributed by atoms with Crippen LogP contribution in [0.25, 0.3) is 10.9 Å². The number of aryl methyl sites for hydroxylation is 1. The number of benzene rings is 3. The van der Waals surface area contributed by atoms with Gasteiger partial charge < -0.3 is 10.1 Å². The highest BCUT2D eigenvalue weighted by molar-refractivity contribution is 6.11. The zero-order valence-corrected chi connectivity index (χ0v) is 16.1. The van der Waals surface area contributed by atoms with Crippen LogP contribution in [0.1, 0.15) is 26.3 Å². The molecule has 0 unspecified atom stereocenters. The van der Waals surface area contributed by atoms with E-state index in [0.717, 1.165) is 5.39 Å². The molecule has 1 N–H and O–H groups in total. The Morgan fingerprint density at radius 1 is 0.933 bits per heavy atom. The average molecular weight is 400 g/mol. The van der Waals surface area contributed by atoms with Gasteiger partial charge in [-0.25, -0.2) is 9.18 Å². The third-order valence-corrected chi connectivity index (χ3v) is 4.63. The maximum atomic E-state index is 13.1. The molecule has 0 spiro atoms. The largest absolute Gasteiger partial charge is 0.422 e. The molecule has 0 atom stereocenters. The first-order chi connectivity index (χ1) is 14.5. The monoisotopic (exact) mass is 400 g/mol. The number of hydrogen-bond donors (Lipinski definition) is 1. The van der Waals surface area contributed by atoms with Crippen molar-refractivity contribution in [1.82, 2.24) is 4.98 Å². The first kappa shape index (κ1) is 19.3. The van der Waals surface area contributed by atoms with Crippen LogP contribution >= 0.6 is 0 Å². The highest BCUT2D eigenvalue weighted by Gasteiger charge is 2.19. The number of carbonyl (C=O) groups is 2. The minimum absolute atomic E-state index is 0.120. The van der Waals surface area contributed by atoms with E-state index in [1.807, 2.05) is 24.3 Å². The average Bonchev–Trinajstić information content (AvgIpc) is 2.74. The molecule has 1 aromatic heterocycles. The van der Waals surface area contributed by atoms with Gasteiger partial charge in [0.2, 0.25) is 0 Å². The number of pyridine rings is 1. The lowest BCUT2D eigenvalue weighted by molar-refractivity contribution is 0.0733. The highest BCUT2D eigenvalue weighted by Crippen LogP contribution is 2.26. The Morgan fingerprint density at radius 3 is 2.47 bits per heavy atom. The Kier molecular flexibility index (Phi) is 5.22. The maximum absolute atomic E-state index is 13.1. The molecule has 30 heavy (non-hydrogen) atoms. The van der Waals surface area contributed by atoms with Crippen LogP contribution in [0.2, 0.25) is 0 Å². The lowest BCUT2D eigenvalue weighted by atomic mass is 10.1. The summed E-state index contributed by atoms with van der Waals surface area (Å²) in [4.78, 5) is 29.9. The van der Waals surface area contributed by atoms with E-state index in [2.05, 4.69) is 10.3 Å². The van der Waals surface area contributed by atoms with Crippen molar-refractivity contribution in [3.8, 4) is 5.75 Å². The second-order valence-corrected chi connectivity index (χ2v) is 6.68. The van der Waals surface area contributed by atoms with Gasteiger partial charge in [0.1, 0.15) is 11.6 Å². The second kappa shape index (κ2) is 8.13. The normalized spacial score (nSPS) is 10.6. The van der Waals surface area contributed by atoms with Crippen LogP contribution in [-0.4, -0.2) is 16.9 Å². The Hall–Kier alpha value is -4.06. The van der Waals surface area contributed by atoms with E-state index in [1.165, 1.54) is 24.3 Å². The zero-order valence-electron chi connectivity index (χ0n) is 16.1.